The molecule has 19 heavy (non-hydrogen) atoms. The smallest absolute Gasteiger partial charge is 0.00576 e. The molecular weight excluding hydrogens is 228 g/mol. The van der Waals surface area contributed by atoms with Crippen LogP contribution in [0.25, 0.3) is 17.2 Å². The first-order valence-electron chi connectivity index (χ1n) is 7.16. The van der Waals surface area contributed by atoms with Gasteiger partial charge in [-0.2, -0.15) is 0 Å². The summed E-state index contributed by atoms with van der Waals surface area (Å²) >= 11 is 0. The van der Waals surface area contributed by atoms with Crippen molar-refractivity contribution in [2.75, 3.05) is 0 Å². The first-order valence-corrected chi connectivity index (χ1v) is 7.16. The summed E-state index contributed by atoms with van der Waals surface area (Å²) in [5, 5.41) is 0. The first kappa shape index (κ1) is 12.2. The van der Waals surface area contributed by atoms with Gasteiger partial charge in [-0.15, -0.1) is 0 Å². The van der Waals surface area contributed by atoms with E-state index in [1.54, 1.807) is 5.57 Å². The maximum absolute atomic E-state index is 2.41. The zero-order valence-corrected chi connectivity index (χ0v) is 11.7. The van der Waals surface area contributed by atoms with E-state index in [9.17, 15) is 0 Å². The zero-order valence-electron chi connectivity index (χ0n) is 11.7. The third-order valence-corrected chi connectivity index (χ3v) is 3.90. The van der Waals surface area contributed by atoms with Crippen molar-refractivity contribution in [1.82, 2.24) is 0 Å². The van der Waals surface area contributed by atoms with Crippen molar-refractivity contribution >= 4 is 6.08 Å². The van der Waals surface area contributed by atoms with Gasteiger partial charge in [-0.1, -0.05) is 73.0 Å². The number of fused-ring (bicyclic) bond motifs is 1. The number of hydrogen-bond donors (Lipinski definition) is 0. The second-order valence-electron chi connectivity index (χ2n) is 5.47. The van der Waals surface area contributed by atoms with Crippen molar-refractivity contribution in [3.63, 3.8) is 0 Å². The predicted molar refractivity (Wildman–Crippen MR) is 83.2 cm³/mol. The van der Waals surface area contributed by atoms with Gasteiger partial charge in [0.05, 0.1) is 0 Å². The Bertz CT molecular complexity index is 615. The maximum Gasteiger partial charge on any atom is -0.00576 e. The van der Waals surface area contributed by atoms with E-state index in [2.05, 4.69) is 62.4 Å². The summed E-state index contributed by atoms with van der Waals surface area (Å²) in [5.41, 5.74) is 8.53. The Balaban J connectivity index is 2.05. The van der Waals surface area contributed by atoms with Crippen LogP contribution >= 0.6 is 0 Å². The average molecular weight is 248 g/mol. The van der Waals surface area contributed by atoms with Crippen LogP contribution in [0.1, 0.15) is 36.5 Å². The van der Waals surface area contributed by atoms with Gasteiger partial charge < -0.3 is 0 Å². The van der Waals surface area contributed by atoms with Crippen LogP contribution in [0.4, 0.5) is 0 Å². The highest BCUT2D eigenvalue weighted by Gasteiger charge is 2.15. The van der Waals surface area contributed by atoms with Gasteiger partial charge >= 0.3 is 0 Å². The molecule has 0 unspecified atom stereocenters. The van der Waals surface area contributed by atoms with Crippen molar-refractivity contribution in [2.24, 2.45) is 0 Å². The minimum absolute atomic E-state index is 1.14. The molecule has 2 aromatic carbocycles. The Morgan fingerprint density at radius 3 is 2.53 bits per heavy atom. The van der Waals surface area contributed by atoms with Gasteiger partial charge in [0.2, 0.25) is 0 Å². The summed E-state index contributed by atoms with van der Waals surface area (Å²) in [7, 11) is 0. The number of rotatable bonds is 3. The first-order chi connectivity index (χ1) is 9.28. The lowest BCUT2D eigenvalue weighted by molar-refractivity contribution is 0.886. The van der Waals surface area contributed by atoms with Gasteiger partial charge in [-0.25, -0.2) is 0 Å². The fourth-order valence-corrected chi connectivity index (χ4v) is 2.90. The highest BCUT2D eigenvalue weighted by atomic mass is 14.2. The highest BCUT2D eigenvalue weighted by Crippen LogP contribution is 2.35. The van der Waals surface area contributed by atoms with Gasteiger partial charge in [-0.3, -0.25) is 0 Å². The van der Waals surface area contributed by atoms with E-state index in [1.807, 2.05) is 0 Å². The second-order valence-corrected chi connectivity index (χ2v) is 5.47. The van der Waals surface area contributed by atoms with Crippen LogP contribution in [0.2, 0.25) is 0 Å². The fraction of sp³-hybridized carbons (Fsp3) is 0.263. The lowest BCUT2D eigenvalue weighted by Gasteiger charge is -2.08. The molecule has 0 N–H and O–H groups in total. The summed E-state index contributed by atoms with van der Waals surface area (Å²) < 4.78 is 0. The number of allylic oxidation sites excluding steroid dienone is 1. The molecule has 0 bridgehead atoms. The van der Waals surface area contributed by atoms with Gasteiger partial charge in [-0.05, 0) is 42.0 Å². The molecule has 0 nitrogen and oxygen atoms in total. The monoisotopic (exact) mass is 248 g/mol. The van der Waals surface area contributed by atoms with Crippen LogP contribution in [0.3, 0.4) is 0 Å². The molecule has 0 saturated heterocycles. The number of benzene rings is 2. The number of hydrogen-bond acceptors (Lipinski definition) is 0. The SMILES string of the molecule is CCCC1=Cc2c(cccc2-c2ccc(C)cc2)C1. The fourth-order valence-electron chi connectivity index (χ4n) is 2.90. The summed E-state index contributed by atoms with van der Waals surface area (Å²) in [6.45, 7) is 4.39. The normalized spacial score (nSPS) is 13.3. The quantitative estimate of drug-likeness (QED) is 0.682. The minimum atomic E-state index is 1.14. The molecule has 0 heteroatoms. The maximum atomic E-state index is 2.41. The van der Waals surface area contributed by atoms with Crippen molar-refractivity contribution in [1.29, 1.82) is 0 Å². The molecule has 0 heterocycles. The van der Waals surface area contributed by atoms with E-state index in [0.717, 1.165) is 6.42 Å². The molecule has 2 aromatic rings. The minimum Gasteiger partial charge on any atom is -0.0652 e. The topological polar surface area (TPSA) is 0 Å². The molecule has 0 fully saturated rings. The summed E-state index contributed by atoms with van der Waals surface area (Å²) in [6.07, 6.45) is 6.01. The van der Waals surface area contributed by atoms with Crippen LogP contribution < -0.4 is 0 Å². The molecule has 0 radical (unpaired) electrons. The number of aryl methyl sites for hydroxylation is 1. The van der Waals surface area contributed by atoms with Crippen LogP contribution in [0, 0.1) is 6.92 Å². The Kier molecular flexibility index (Phi) is 3.25. The predicted octanol–water partition coefficient (Wildman–Crippen LogP) is 5.40. The Morgan fingerprint density at radius 1 is 1.00 bits per heavy atom. The highest BCUT2D eigenvalue weighted by molar-refractivity contribution is 5.80. The molecule has 0 atom stereocenters. The summed E-state index contributed by atoms with van der Waals surface area (Å²) in [5.74, 6) is 0. The third kappa shape index (κ3) is 2.35. The molecule has 1 aliphatic carbocycles. The van der Waals surface area contributed by atoms with Crippen LogP contribution in [0.5, 0.6) is 0 Å². The summed E-state index contributed by atoms with van der Waals surface area (Å²) in [4.78, 5) is 0. The molecule has 0 spiro atoms. The second kappa shape index (κ2) is 5.05. The lowest BCUT2D eigenvalue weighted by Crippen LogP contribution is -1.87. The molecule has 0 aromatic heterocycles. The van der Waals surface area contributed by atoms with E-state index in [4.69, 9.17) is 0 Å². The Morgan fingerprint density at radius 2 is 1.79 bits per heavy atom. The van der Waals surface area contributed by atoms with E-state index in [-0.39, 0.29) is 0 Å². The molecule has 0 saturated carbocycles. The van der Waals surface area contributed by atoms with E-state index >= 15 is 0 Å². The van der Waals surface area contributed by atoms with Gasteiger partial charge in [0.1, 0.15) is 0 Å². The summed E-state index contributed by atoms with van der Waals surface area (Å²) in [6, 6.07) is 15.6. The van der Waals surface area contributed by atoms with Crippen molar-refractivity contribution in [3.05, 3.63) is 64.7 Å². The average Bonchev–Trinajstić information content (AvgIpc) is 2.82. The largest absolute Gasteiger partial charge is 0.0652 e. The molecule has 0 aliphatic heterocycles. The van der Waals surface area contributed by atoms with Crippen LogP contribution in [-0.2, 0) is 6.42 Å². The standard InChI is InChI=1S/C19H20/c1-3-5-15-12-17-6-4-7-18(19(17)13-15)16-10-8-14(2)9-11-16/h4,6-11,13H,3,5,12H2,1-2H3. The van der Waals surface area contributed by atoms with Gasteiger partial charge in [0.15, 0.2) is 0 Å². The van der Waals surface area contributed by atoms with Crippen molar-refractivity contribution < 1.29 is 0 Å². The Hall–Kier alpha value is -1.82. The molecule has 96 valence electrons. The third-order valence-electron chi connectivity index (χ3n) is 3.90. The van der Waals surface area contributed by atoms with E-state index < -0.39 is 0 Å². The van der Waals surface area contributed by atoms with Crippen molar-refractivity contribution in [2.45, 2.75) is 33.1 Å². The van der Waals surface area contributed by atoms with Crippen LogP contribution in [-0.4, -0.2) is 0 Å². The molecular formula is C19H20. The van der Waals surface area contributed by atoms with Gasteiger partial charge in [0, 0.05) is 0 Å². The molecule has 3 rings (SSSR count). The van der Waals surface area contributed by atoms with Crippen LogP contribution in [0.15, 0.2) is 48.0 Å². The Labute approximate surface area is 115 Å². The lowest BCUT2D eigenvalue weighted by atomic mass is 9.96. The van der Waals surface area contributed by atoms with Gasteiger partial charge in [0.25, 0.3) is 0 Å². The van der Waals surface area contributed by atoms with E-state index in [1.165, 1.54) is 40.7 Å². The molecule has 0 amide bonds. The van der Waals surface area contributed by atoms with E-state index in [0.29, 0.717) is 0 Å². The molecule has 1 aliphatic rings. The zero-order chi connectivity index (χ0) is 13.2. The van der Waals surface area contributed by atoms with Crippen molar-refractivity contribution in [3.8, 4) is 11.1 Å².